The maximum Gasteiger partial charge on any atom is 0.187 e. The fourth-order valence-electron chi connectivity index (χ4n) is 16.1. The Bertz CT molecular complexity index is 1830. The molecule has 4 saturated carbocycles. The number of hydrogen-bond acceptors (Lipinski definition) is 22. The lowest BCUT2D eigenvalue weighted by atomic mass is 9.44. The zero-order valence-electron chi connectivity index (χ0n) is 41.8. The Hall–Kier alpha value is -0.880. The van der Waals surface area contributed by atoms with E-state index in [1.54, 1.807) is 0 Å². The van der Waals surface area contributed by atoms with Gasteiger partial charge in [-0.2, -0.15) is 0 Å². The zero-order chi connectivity index (χ0) is 51.3. The summed E-state index contributed by atoms with van der Waals surface area (Å²) in [6, 6.07) is 0. The normalized spacial score (nSPS) is 57.8. The third kappa shape index (κ3) is 9.26. The van der Waals surface area contributed by atoms with Gasteiger partial charge in [0.15, 0.2) is 25.2 Å². The van der Waals surface area contributed by atoms with Gasteiger partial charge in [-0.05, 0) is 111 Å². The van der Waals surface area contributed by atoms with E-state index in [2.05, 4.69) is 33.0 Å². The van der Waals surface area contributed by atoms with E-state index in [0.717, 1.165) is 45.1 Å². The van der Waals surface area contributed by atoms with Crippen LogP contribution in [0.2, 0.25) is 0 Å². The molecule has 0 aromatic carbocycles. The van der Waals surface area contributed by atoms with Crippen molar-refractivity contribution in [2.24, 2.45) is 52.3 Å². The van der Waals surface area contributed by atoms with E-state index in [9.17, 15) is 61.3 Å². The molecule has 10 aliphatic rings. The van der Waals surface area contributed by atoms with E-state index >= 15 is 0 Å². The lowest BCUT2D eigenvalue weighted by Crippen LogP contribution is -2.68. The average Bonchev–Trinajstić information content (AvgIpc) is 3.82. The first kappa shape index (κ1) is 54.5. The van der Waals surface area contributed by atoms with Crippen molar-refractivity contribution in [2.45, 2.75) is 227 Å². The molecule has 10 rings (SSSR count). The van der Waals surface area contributed by atoms with Crippen LogP contribution in [0.3, 0.4) is 0 Å². The van der Waals surface area contributed by atoms with Crippen molar-refractivity contribution in [1.29, 1.82) is 0 Å². The fraction of sp³-hybridized carbons (Fsp3) is 1.00. The molecule has 1 spiro atoms. The van der Waals surface area contributed by atoms with Crippen LogP contribution in [0.15, 0.2) is 0 Å². The second-order valence-corrected chi connectivity index (χ2v) is 24.0. The van der Waals surface area contributed by atoms with E-state index in [1.807, 2.05) is 0 Å². The third-order valence-corrected chi connectivity index (χ3v) is 20.2. The SMILES string of the molecule is C[C@H]1CCC2(NC1)O[C@H]1C[C@H]3[C@@H]4CC[C@H]5C[C@@H](O[C@@H]6O[C@H](CO)[C@H](O[C@@H]7O[C@H](CO)[C@H](O)[C@H](O[C@@H]8OC[C@@H](O)[C@H](O)[C@H]8O)[C@H]7O[C@@H]7O[C@H](CO)[C@@H](O)[C@H](O)[C@H]7O)[C@H](O)[C@H]6O)CC[C@]5(C)[C@H]4CC[C@]3(C)[C@H]1[C@@H]2C. The first-order valence-corrected chi connectivity index (χ1v) is 26.8. The molecule has 0 amide bonds. The van der Waals surface area contributed by atoms with E-state index < -0.39 is 143 Å². The largest absolute Gasteiger partial charge is 0.394 e. The highest BCUT2D eigenvalue weighted by Gasteiger charge is 2.69. The van der Waals surface area contributed by atoms with Crippen molar-refractivity contribution in [3.63, 3.8) is 0 Å². The Morgan fingerprint density at radius 1 is 0.542 bits per heavy atom. The summed E-state index contributed by atoms with van der Waals surface area (Å²) in [5.74, 6) is 3.87. The highest BCUT2D eigenvalue weighted by Crippen LogP contribution is 2.71. The molecule has 10 fully saturated rings. The van der Waals surface area contributed by atoms with Gasteiger partial charge in [0.05, 0.1) is 38.6 Å². The van der Waals surface area contributed by atoms with Gasteiger partial charge in [0.2, 0.25) is 0 Å². The number of hydrogen-bond donors (Lipinski definition) is 13. The van der Waals surface area contributed by atoms with Crippen LogP contribution < -0.4 is 5.32 Å². The van der Waals surface area contributed by atoms with Gasteiger partial charge in [0.1, 0.15) is 97.3 Å². The molecule has 1 unspecified atom stereocenters. The molecule has 6 aliphatic heterocycles. The minimum atomic E-state index is -1.99. The lowest BCUT2D eigenvalue weighted by Gasteiger charge is -2.61. The average molecular weight is 1030 g/mol. The van der Waals surface area contributed by atoms with Crippen LogP contribution in [-0.2, 0) is 42.6 Å². The molecule has 13 N–H and O–H groups in total. The Kier molecular flexibility index (Phi) is 15.9. The highest BCUT2D eigenvalue weighted by molar-refractivity contribution is 5.16. The van der Waals surface area contributed by atoms with Crippen molar-refractivity contribution in [3.05, 3.63) is 0 Å². The molecule has 0 aromatic heterocycles. The molecule has 4 aliphatic carbocycles. The standard InChI is InChI=1S/C50H83NO21/c1-20-7-12-50(51-15-20)21(2)32-28(72-50)14-26-24-6-5-22-13-23(8-10-48(22,3)25(24)9-11-49(26,32)4)65-45-40(63)37(60)41(31(18-54)68-45)69-47-43(71-46-39(62)36(59)34(57)29(16-52)66-46)42(35(58)30(17-53)67-47)70-44-38(61)33(56)27(55)19-64-44/h20-47,51-63H,5-19H2,1-4H3/t20-,21-,22-,23-,24+,25-,26-,27+,28-,29+,30+,31+,32-,33-,34+,35-,36-,37+,38+,39+,40+,41-,42-,43+,44-,45+,46-,47-,48-,49-,50?/m0/s1. The van der Waals surface area contributed by atoms with Gasteiger partial charge in [0.25, 0.3) is 0 Å². The minimum Gasteiger partial charge on any atom is -0.394 e. The molecule has 6 saturated heterocycles. The Labute approximate surface area is 420 Å². The monoisotopic (exact) mass is 1030 g/mol. The van der Waals surface area contributed by atoms with Crippen LogP contribution in [-0.4, -0.2) is 229 Å². The summed E-state index contributed by atoms with van der Waals surface area (Å²) in [7, 11) is 0. The van der Waals surface area contributed by atoms with Gasteiger partial charge in [-0.1, -0.05) is 27.7 Å². The number of nitrogens with one attached hydrogen (secondary N) is 1. The summed E-state index contributed by atoms with van der Waals surface area (Å²) in [5, 5.41) is 133. The van der Waals surface area contributed by atoms with Crippen molar-refractivity contribution >= 4 is 0 Å². The maximum atomic E-state index is 11.8. The molecule has 22 heteroatoms. The van der Waals surface area contributed by atoms with Gasteiger partial charge in [-0.25, -0.2) is 0 Å². The van der Waals surface area contributed by atoms with Crippen LogP contribution in [0.5, 0.6) is 0 Å². The number of fused-ring (bicyclic) bond motifs is 7. The molecule has 22 nitrogen and oxygen atoms in total. The predicted octanol–water partition coefficient (Wildman–Crippen LogP) is -2.70. The second kappa shape index (κ2) is 21.1. The van der Waals surface area contributed by atoms with Crippen LogP contribution in [0.1, 0.15) is 91.9 Å². The Morgan fingerprint density at radius 2 is 1.17 bits per heavy atom. The summed E-state index contributed by atoms with van der Waals surface area (Å²) in [4.78, 5) is 0. The Balaban J connectivity index is 0.812. The molecule has 414 valence electrons. The molecule has 0 radical (unpaired) electrons. The molecule has 72 heavy (non-hydrogen) atoms. The molecule has 0 bridgehead atoms. The summed E-state index contributed by atoms with van der Waals surface area (Å²) in [5.41, 5.74) is 0.147. The van der Waals surface area contributed by atoms with Crippen molar-refractivity contribution < 1.29 is 104 Å². The Morgan fingerprint density at radius 3 is 1.88 bits per heavy atom. The third-order valence-electron chi connectivity index (χ3n) is 20.2. The molecule has 31 atom stereocenters. The fourth-order valence-corrected chi connectivity index (χ4v) is 16.1. The van der Waals surface area contributed by atoms with E-state index in [4.69, 9.17) is 42.6 Å². The van der Waals surface area contributed by atoms with Crippen molar-refractivity contribution in [2.75, 3.05) is 33.0 Å². The summed E-state index contributed by atoms with van der Waals surface area (Å²) in [6.07, 6.45) is -22.4. The number of ether oxygens (including phenoxy) is 9. The van der Waals surface area contributed by atoms with Crippen LogP contribution in [0, 0.1) is 52.3 Å². The topological polar surface area (TPSA) is 338 Å². The van der Waals surface area contributed by atoms with Gasteiger partial charge < -0.3 is 104 Å². The van der Waals surface area contributed by atoms with Crippen LogP contribution in [0.4, 0.5) is 0 Å². The number of piperidine rings is 1. The van der Waals surface area contributed by atoms with Gasteiger partial charge >= 0.3 is 0 Å². The number of aliphatic hydroxyl groups excluding tert-OH is 12. The van der Waals surface area contributed by atoms with E-state index in [0.29, 0.717) is 47.8 Å². The number of aliphatic hydroxyl groups is 12. The predicted molar refractivity (Wildman–Crippen MR) is 244 cm³/mol. The van der Waals surface area contributed by atoms with Gasteiger partial charge in [-0.15, -0.1) is 0 Å². The van der Waals surface area contributed by atoms with Crippen molar-refractivity contribution in [1.82, 2.24) is 5.32 Å². The van der Waals surface area contributed by atoms with Crippen LogP contribution >= 0.6 is 0 Å². The smallest absolute Gasteiger partial charge is 0.187 e. The van der Waals surface area contributed by atoms with Crippen molar-refractivity contribution in [3.8, 4) is 0 Å². The molecular formula is C50H83NO21. The van der Waals surface area contributed by atoms with Gasteiger partial charge in [0, 0.05) is 12.5 Å². The highest BCUT2D eigenvalue weighted by atomic mass is 16.8. The first-order valence-electron chi connectivity index (χ1n) is 26.8. The first-order chi connectivity index (χ1) is 34.3. The van der Waals surface area contributed by atoms with E-state index in [-0.39, 0.29) is 28.8 Å². The summed E-state index contributed by atoms with van der Waals surface area (Å²) >= 11 is 0. The van der Waals surface area contributed by atoms with Crippen LogP contribution in [0.25, 0.3) is 0 Å². The summed E-state index contributed by atoms with van der Waals surface area (Å²) in [6.45, 7) is 7.84. The molecule has 0 aromatic rings. The maximum absolute atomic E-state index is 11.8. The number of rotatable bonds is 11. The van der Waals surface area contributed by atoms with Gasteiger partial charge in [-0.3, -0.25) is 5.32 Å². The lowest BCUT2D eigenvalue weighted by molar-refractivity contribution is -0.404. The zero-order valence-corrected chi connectivity index (χ0v) is 41.8. The minimum absolute atomic E-state index is 0.104. The summed E-state index contributed by atoms with van der Waals surface area (Å²) < 4.78 is 55.0. The molecular weight excluding hydrogens is 951 g/mol. The van der Waals surface area contributed by atoms with E-state index in [1.165, 1.54) is 19.3 Å². The second-order valence-electron chi connectivity index (χ2n) is 24.0. The quantitative estimate of drug-likeness (QED) is 0.0937. The molecule has 6 heterocycles.